The maximum atomic E-state index is 12.3. The second kappa shape index (κ2) is 5.60. The van der Waals surface area contributed by atoms with Crippen LogP contribution in [0.3, 0.4) is 0 Å². The molecule has 3 rings (SSSR count). The maximum absolute atomic E-state index is 12.3. The van der Waals surface area contributed by atoms with E-state index in [1.54, 1.807) is 6.07 Å². The van der Waals surface area contributed by atoms with Gasteiger partial charge in [0.15, 0.2) is 0 Å². The van der Waals surface area contributed by atoms with Gasteiger partial charge in [0.05, 0.1) is 13.5 Å². The van der Waals surface area contributed by atoms with Gasteiger partial charge in [-0.15, -0.1) is 0 Å². The molecule has 0 spiro atoms. The minimum absolute atomic E-state index is 0.135. The van der Waals surface area contributed by atoms with Gasteiger partial charge in [-0.3, -0.25) is 9.59 Å². The van der Waals surface area contributed by atoms with E-state index in [4.69, 9.17) is 4.74 Å². The highest BCUT2D eigenvalue weighted by Gasteiger charge is 2.34. The van der Waals surface area contributed by atoms with Crippen molar-refractivity contribution in [1.29, 1.82) is 0 Å². The summed E-state index contributed by atoms with van der Waals surface area (Å²) in [5.74, 6) is -0.0402. The topological polar surface area (TPSA) is 71.2 Å². The summed E-state index contributed by atoms with van der Waals surface area (Å²) in [5.41, 5.74) is 1.53. The van der Waals surface area contributed by atoms with Crippen LogP contribution in [0.5, 0.6) is 0 Å². The van der Waals surface area contributed by atoms with Gasteiger partial charge in [0.1, 0.15) is 0 Å². The van der Waals surface area contributed by atoms with Crippen LogP contribution in [0.25, 0.3) is 10.9 Å². The van der Waals surface area contributed by atoms with Crippen LogP contribution in [0.15, 0.2) is 30.5 Å². The molecule has 1 saturated carbocycles. The Hall–Kier alpha value is -2.30. The standard InChI is InChI=1S/C16H18N2O3/c1-21-15(19)9-14(10-2-3-10)18-16(20)12-5-4-11-6-7-17-13(11)8-12/h4-8,10,14,17H,2-3,9H2,1H3,(H,18,20)/t14-/m1/s1. The molecule has 1 aromatic carbocycles. The van der Waals surface area contributed by atoms with Gasteiger partial charge in [0.25, 0.3) is 5.91 Å². The first kappa shape index (κ1) is 13.7. The molecule has 1 aliphatic carbocycles. The number of esters is 1. The molecule has 2 aromatic rings. The second-order valence-electron chi connectivity index (χ2n) is 5.48. The van der Waals surface area contributed by atoms with E-state index in [2.05, 4.69) is 10.3 Å². The number of H-pyrrole nitrogens is 1. The molecule has 0 aliphatic heterocycles. The number of benzene rings is 1. The number of carbonyl (C=O) groups is 2. The first-order chi connectivity index (χ1) is 10.2. The normalized spacial score (nSPS) is 15.7. The molecule has 0 radical (unpaired) electrons. The lowest BCUT2D eigenvalue weighted by atomic mass is 10.1. The second-order valence-corrected chi connectivity index (χ2v) is 5.48. The zero-order chi connectivity index (χ0) is 14.8. The number of fused-ring (bicyclic) bond motifs is 1. The number of amides is 1. The summed E-state index contributed by atoms with van der Waals surface area (Å²) in [4.78, 5) is 26.9. The zero-order valence-electron chi connectivity index (χ0n) is 11.9. The smallest absolute Gasteiger partial charge is 0.307 e. The van der Waals surface area contributed by atoms with Gasteiger partial charge in [-0.05, 0) is 42.3 Å². The Labute approximate surface area is 122 Å². The summed E-state index contributed by atoms with van der Waals surface area (Å²) in [5, 5.41) is 4.03. The van der Waals surface area contributed by atoms with E-state index in [0.717, 1.165) is 23.7 Å². The van der Waals surface area contributed by atoms with E-state index < -0.39 is 0 Å². The number of methoxy groups -OCH3 is 1. The van der Waals surface area contributed by atoms with Crippen molar-refractivity contribution < 1.29 is 14.3 Å². The van der Waals surface area contributed by atoms with Gasteiger partial charge in [0.2, 0.25) is 0 Å². The van der Waals surface area contributed by atoms with Crippen molar-refractivity contribution >= 4 is 22.8 Å². The van der Waals surface area contributed by atoms with E-state index in [0.29, 0.717) is 11.5 Å². The Bertz CT molecular complexity index is 673. The van der Waals surface area contributed by atoms with Crippen LogP contribution in [-0.2, 0) is 9.53 Å². The number of ether oxygens (including phenoxy) is 1. The summed E-state index contributed by atoms with van der Waals surface area (Å²) >= 11 is 0. The van der Waals surface area contributed by atoms with Crippen molar-refractivity contribution in [2.75, 3.05) is 7.11 Å². The number of rotatable bonds is 5. The monoisotopic (exact) mass is 286 g/mol. The van der Waals surface area contributed by atoms with Crippen LogP contribution < -0.4 is 5.32 Å². The van der Waals surface area contributed by atoms with Crippen molar-refractivity contribution in [2.24, 2.45) is 5.92 Å². The number of carbonyl (C=O) groups excluding carboxylic acids is 2. The molecule has 1 aliphatic rings. The van der Waals surface area contributed by atoms with Crippen molar-refractivity contribution in [3.05, 3.63) is 36.0 Å². The van der Waals surface area contributed by atoms with E-state index in [1.807, 2.05) is 24.4 Å². The SMILES string of the molecule is COC(=O)C[C@@H](NC(=O)c1ccc2cc[nH]c2c1)C1CC1. The molecule has 1 fully saturated rings. The number of aromatic amines is 1. The number of hydrogen-bond donors (Lipinski definition) is 2. The van der Waals surface area contributed by atoms with Gasteiger partial charge >= 0.3 is 5.97 Å². The molecule has 1 aromatic heterocycles. The molecule has 0 saturated heterocycles. The molecule has 5 heteroatoms. The van der Waals surface area contributed by atoms with Crippen LogP contribution in [0.2, 0.25) is 0 Å². The molecule has 5 nitrogen and oxygen atoms in total. The third-order valence-electron chi connectivity index (χ3n) is 3.94. The average molecular weight is 286 g/mol. The van der Waals surface area contributed by atoms with Gasteiger partial charge in [-0.25, -0.2) is 0 Å². The van der Waals surface area contributed by atoms with Crippen molar-refractivity contribution in [3.63, 3.8) is 0 Å². The molecule has 0 bridgehead atoms. The molecule has 21 heavy (non-hydrogen) atoms. The van der Waals surface area contributed by atoms with E-state index in [-0.39, 0.29) is 24.3 Å². The summed E-state index contributed by atoms with van der Waals surface area (Å²) in [7, 11) is 1.37. The van der Waals surface area contributed by atoms with E-state index in [1.165, 1.54) is 7.11 Å². The summed E-state index contributed by atoms with van der Waals surface area (Å²) in [6.45, 7) is 0. The predicted octanol–water partition coefficient (Wildman–Crippen LogP) is 2.24. The third-order valence-corrected chi connectivity index (χ3v) is 3.94. The molecular weight excluding hydrogens is 268 g/mol. The molecule has 1 amide bonds. The quantitative estimate of drug-likeness (QED) is 0.828. The fourth-order valence-corrected chi connectivity index (χ4v) is 2.54. The Morgan fingerprint density at radius 3 is 2.90 bits per heavy atom. The highest BCUT2D eigenvalue weighted by molar-refractivity contribution is 5.98. The molecule has 1 heterocycles. The predicted molar refractivity (Wildman–Crippen MR) is 78.9 cm³/mol. The van der Waals surface area contributed by atoms with Gasteiger partial charge in [0, 0.05) is 23.3 Å². The highest BCUT2D eigenvalue weighted by atomic mass is 16.5. The van der Waals surface area contributed by atoms with Crippen molar-refractivity contribution in [3.8, 4) is 0 Å². The zero-order valence-corrected chi connectivity index (χ0v) is 11.9. The molecule has 1 atom stereocenters. The molecular formula is C16H18N2O3. The lowest BCUT2D eigenvalue weighted by Crippen LogP contribution is -2.38. The average Bonchev–Trinajstić information content (AvgIpc) is 3.23. The Kier molecular flexibility index (Phi) is 3.64. The van der Waals surface area contributed by atoms with E-state index in [9.17, 15) is 9.59 Å². The van der Waals surface area contributed by atoms with Crippen LogP contribution in [0.4, 0.5) is 0 Å². The molecule has 110 valence electrons. The minimum Gasteiger partial charge on any atom is -0.469 e. The van der Waals surface area contributed by atoms with E-state index >= 15 is 0 Å². The maximum Gasteiger partial charge on any atom is 0.307 e. The van der Waals surface area contributed by atoms with Crippen LogP contribution in [0.1, 0.15) is 29.6 Å². The van der Waals surface area contributed by atoms with Crippen molar-refractivity contribution in [1.82, 2.24) is 10.3 Å². The summed E-state index contributed by atoms with van der Waals surface area (Å²) < 4.78 is 4.70. The first-order valence-corrected chi connectivity index (χ1v) is 7.12. The molecule has 2 N–H and O–H groups in total. The van der Waals surface area contributed by atoms with Gasteiger partial charge < -0.3 is 15.0 Å². The number of aromatic nitrogens is 1. The van der Waals surface area contributed by atoms with Crippen LogP contribution in [0, 0.1) is 5.92 Å². The van der Waals surface area contributed by atoms with Crippen LogP contribution in [-0.4, -0.2) is 30.0 Å². The lowest BCUT2D eigenvalue weighted by Gasteiger charge is -2.17. The number of nitrogens with one attached hydrogen (secondary N) is 2. The summed E-state index contributed by atoms with van der Waals surface area (Å²) in [6.07, 6.45) is 4.18. The Morgan fingerprint density at radius 2 is 2.19 bits per heavy atom. The van der Waals surface area contributed by atoms with Gasteiger partial charge in [-0.1, -0.05) is 6.07 Å². The first-order valence-electron chi connectivity index (χ1n) is 7.12. The van der Waals surface area contributed by atoms with Crippen molar-refractivity contribution in [2.45, 2.75) is 25.3 Å². The lowest BCUT2D eigenvalue weighted by molar-refractivity contribution is -0.141. The largest absolute Gasteiger partial charge is 0.469 e. The summed E-state index contributed by atoms with van der Waals surface area (Å²) in [6, 6.07) is 7.36. The van der Waals surface area contributed by atoms with Gasteiger partial charge in [-0.2, -0.15) is 0 Å². The molecule has 0 unspecified atom stereocenters. The Balaban J connectivity index is 1.72. The number of hydrogen-bond acceptors (Lipinski definition) is 3. The third kappa shape index (κ3) is 3.07. The van der Waals surface area contributed by atoms with Crippen LogP contribution >= 0.6 is 0 Å². The minimum atomic E-state index is -0.285. The fourth-order valence-electron chi connectivity index (χ4n) is 2.54. The fraction of sp³-hybridized carbons (Fsp3) is 0.375. The Morgan fingerprint density at radius 1 is 1.38 bits per heavy atom. The highest BCUT2D eigenvalue weighted by Crippen LogP contribution is 2.34.